The summed E-state index contributed by atoms with van der Waals surface area (Å²) < 4.78 is 0. The highest BCUT2D eigenvalue weighted by Crippen LogP contribution is 2.26. The molecule has 3 nitrogen and oxygen atoms in total. The van der Waals surface area contributed by atoms with E-state index in [-0.39, 0.29) is 0 Å². The van der Waals surface area contributed by atoms with Crippen LogP contribution in [0.25, 0.3) is 6.08 Å². The van der Waals surface area contributed by atoms with Crippen molar-refractivity contribution in [3.05, 3.63) is 70.8 Å². The molecule has 0 aliphatic rings. The lowest BCUT2D eigenvalue weighted by Gasteiger charge is -2.22. The first kappa shape index (κ1) is 15.1. The third-order valence-corrected chi connectivity index (χ3v) is 3.31. The normalized spacial score (nSPS) is 10.8. The molecule has 0 aliphatic heterocycles. The zero-order chi connectivity index (χ0) is 15.2. The van der Waals surface area contributed by atoms with Gasteiger partial charge in [0.15, 0.2) is 0 Å². The molecule has 0 saturated heterocycles. The van der Waals surface area contributed by atoms with Crippen molar-refractivity contribution in [3.8, 4) is 0 Å². The predicted molar refractivity (Wildman–Crippen MR) is 86.7 cm³/mol. The van der Waals surface area contributed by atoms with E-state index in [2.05, 4.69) is 0 Å². The van der Waals surface area contributed by atoms with Gasteiger partial charge in [-0.05, 0) is 29.3 Å². The van der Waals surface area contributed by atoms with Gasteiger partial charge in [0.05, 0.1) is 0 Å². The van der Waals surface area contributed by atoms with Crippen LogP contribution < -0.4 is 4.90 Å². The number of carboxylic acid groups (broad SMARTS) is 1. The van der Waals surface area contributed by atoms with E-state index in [0.29, 0.717) is 5.02 Å². The molecule has 2 aromatic carbocycles. The maximum Gasteiger partial charge on any atom is 0.328 e. The van der Waals surface area contributed by atoms with Crippen LogP contribution in [0.5, 0.6) is 0 Å². The molecule has 2 aromatic rings. The van der Waals surface area contributed by atoms with Crippen LogP contribution in [0.4, 0.5) is 5.69 Å². The second-order valence-electron chi connectivity index (χ2n) is 4.72. The minimum absolute atomic E-state index is 0.623. The minimum Gasteiger partial charge on any atom is -0.478 e. The molecular formula is C17H16ClNO2. The summed E-state index contributed by atoms with van der Waals surface area (Å²) in [5.74, 6) is -0.971. The van der Waals surface area contributed by atoms with E-state index in [9.17, 15) is 4.79 Å². The molecule has 0 saturated carbocycles. The van der Waals surface area contributed by atoms with E-state index in [1.807, 2.05) is 54.4 Å². The van der Waals surface area contributed by atoms with Crippen molar-refractivity contribution in [2.24, 2.45) is 0 Å². The number of hydrogen-bond donors (Lipinski definition) is 1. The van der Waals surface area contributed by atoms with Crippen LogP contribution in [0.1, 0.15) is 11.1 Å². The Morgan fingerprint density at radius 3 is 2.62 bits per heavy atom. The monoisotopic (exact) mass is 301 g/mol. The molecular weight excluding hydrogens is 286 g/mol. The third kappa shape index (κ3) is 4.36. The molecule has 0 aromatic heterocycles. The SMILES string of the molecule is CN(Cc1ccccc1)c1cc(Cl)ccc1/C=C/C(=O)O. The third-order valence-electron chi connectivity index (χ3n) is 3.07. The van der Waals surface area contributed by atoms with E-state index >= 15 is 0 Å². The van der Waals surface area contributed by atoms with Gasteiger partial charge in [-0.1, -0.05) is 48.0 Å². The lowest BCUT2D eigenvalue weighted by molar-refractivity contribution is -0.131. The van der Waals surface area contributed by atoms with Crippen molar-refractivity contribution < 1.29 is 9.90 Å². The Kier molecular flexibility index (Phi) is 5.01. The van der Waals surface area contributed by atoms with Crippen molar-refractivity contribution >= 4 is 29.3 Å². The van der Waals surface area contributed by atoms with Crippen LogP contribution in [0.15, 0.2) is 54.6 Å². The fourth-order valence-electron chi connectivity index (χ4n) is 2.09. The summed E-state index contributed by atoms with van der Waals surface area (Å²) in [4.78, 5) is 12.7. The molecule has 0 amide bonds. The minimum atomic E-state index is -0.971. The summed E-state index contributed by atoms with van der Waals surface area (Å²) in [5, 5.41) is 9.39. The topological polar surface area (TPSA) is 40.5 Å². The largest absolute Gasteiger partial charge is 0.478 e. The van der Waals surface area contributed by atoms with E-state index in [4.69, 9.17) is 16.7 Å². The standard InChI is InChI=1S/C17H16ClNO2/c1-19(12-13-5-3-2-4-6-13)16-11-15(18)9-7-14(16)8-10-17(20)21/h2-11H,12H2,1H3,(H,20,21)/b10-8+. The maximum atomic E-state index is 10.7. The fraction of sp³-hybridized carbons (Fsp3) is 0.118. The highest BCUT2D eigenvalue weighted by molar-refractivity contribution is 6.31. The summed E-state index contributed by atoms with van der Waals surface area (Å²) >= 11 is 6.06. The van der Waals surface area contributed by atoms with Gasteiger partial charge in [0.25, 0.3) is 0 Å². The van der Waals surface area contributed by atoms with Gasteiger partial charge >= 0.3 is 5.97 Å². The van der Waals surface area contributed by atoms with Crippen LogP contribution in [-0.4, -0.2) is 18.1 Å². The Hall–Kier alpha value is -2.26. The Morgan fingerprint density at radius 1 is 1.24 bits per heavy atom. The highest BCUT2D eigenvalue weighted by atomic mass is 35.5. The second kappa shape index (κ2) is 6.95. The number of carbonyl (C=O) groups is 1. The Balaban J connectivity index is 2.28. The first-order valence-corrected chi connectivity index (χ1v) is 6.89. The number of aliphatic carboxylic acids is 1. The van der Waals surface area contributed by atoms with Gasteiger partial charge in [0.2, 0.25) is 0 Å². The smallest absolute Gasteiger partial charge is 0.328 e. The molecule has 0 unspecified atom stereocenters. The number of rotatable bonds is 5. The Morgan fingerprint density at radius 2 is 1.95 bits per heavy atom. The number of hydrogen-bond acceptors (Lipinski definition) is 2. The molecule has 108 valence electrons. The van der Waals surface area contributed by atoms with Crippen LogP contribution in [0, 0.1) is 0 Å². The molecule has 1 N–H and O–H groups in total. The Labute approximate surface area is 129 Å². The number of halogens is 1. The van der Waals surface area contributed by atoms with Crippen LogP contribution in [0.2, 0.25) is 5.02 Å². The van der Waals surface area contributed by atoms with Gasteiger partial charge in [0, 0.05) is 30.4 Å². The number of anilines is 1. The predicted octanol–water partition coefficient (Wildman–Crippen LogP) is 4.07. The Bertz CT molecular complexity index is 653. The van der Waals surface area contributed by atoms with Crippen molar-refractivity contribution in [1.29, 1.82) is 0 Å². The number of benzene rings is 2. The summed E-state index contributed by atoms with van der Waals surface area (Å²) in [7, 11) is 1.96. The first-order valence-electron chi connectivity index (χ1n) is 6.52. The van der Waals surface area contributed by atoms with Gasteiger partial charge in [-0.3, -0.25) is 0 Å². The molecule has 2 rings (SSSR count). The van der Waals surface area contributed by atoms with Gasteiger partial charge in [-0.15, -0.1) is 0 Å². The van der Waals surface area contributed by atoms with Gasteiger partial charge in [0.1, 0.15) is 0 Å². The second-order valence-corrected chi connectivity index (χ2v) is 5.15. The first-order chi connectivity index (χ1) is 10.1. The van der Waals surface area contributed by atoms with E-state index < -0.39 is 5.97 Å². The average molecular weight is 302 g/mol. The lowest BCUT2D eigenvalue weighted by atomic mass is 10.1. The van der Waals surface area contributed by atoms with Crippen LogP contribution in [-0.2, 0) is 11.3 Å². The molecule has 4 heteroatoms. The average Bonchev–Trinajstić information content (AvgIpc) is 2.46. The number of nitrogens with zero attached hydrogens (tertiary/aromatic N) is 1. The molecule has 0 spiro atoms. The summed E-state index contributed by atoms with van der Waals surface area (Å²) in [6, 6.07) is 15.5. The van der Waals surface area contributed by atoms with Crippen molar-refractivity contribution in [1.82, 2.24) is 0 Å². The van der Waals surface area contributed by atoms with Crippen LogP contribution in [0.3, 0.4) is 0 Å². The van der Waals surface area contributed by atoms with Crippen molar-refractivity contribution in [2.75, 3.05) is 11.9 Å². The summed E-state index contributed by atoms with van der Waals surface area (Å²) in [6.45, 7) is 0.717. The molecule has 0 fully saturated rings. The number of carboxylic acids is 1. The van der Waals surface area contributed by atoms with Crippen LogP contribution >= 0.6 is 11.6 Å². The zero-order valence-electron chi connectivity index (χ0n) is 11.7. The summed E-state index contributed by atoms with van der Waals surface area (Å²) in [6.07, 6.45) is 2.71. The quantitative estimate of drug-likeness (QED) is 0.846. The highest BCUT2D eigenvalue weighted by Gasteiger charge is 2.07. The molecule has 21 heavy (non-hydrogen) atoms. The lowest BCUT2D eigenvalue weighted by Crippen LogP contribution is -2.17. The van der Waals surface area contributed by atoms with Gasteiger partial charge < -0.3 is 10.0 Å². The van der Waals surface area contributed by atoms with Crippen molar-refractivity contribution in [3.63, 3.8) is 0 Å². The summed E-state index contributed by atoms with van der Waals surface area (Å²) in [5.41, 5.74) is 2.89. The molecule has 0 radical (unpaired) electrons. The molecule has 0 aliphatic carbocycles. The van der Waals surface area contributed by atoms with E-state index in [0.717, 1.165) is 23.9 Å². The van der Waals surface area contributed by atoms with E-state index in [1.165, 1.54) is 5.56 Å². The van der Waals surface area contributed by atoms with Gasteiger partial charge in [-0.2, -0.15) is 0 Å². The zero-order valence-corrected chi connectivity index (χ0v) is 12.4. The van der Waals surface area contributed by atoms with Gasteiger partial charge in [-0.25, -0.2) is 4.79 Å². The molecule has 0 atom stereocenters. The molecule has 0 bridgehead atoms. The van der Waals surface area contributed by atoms with E-state index in [1.54, 1.807) is 12.1 Å². The fourth-order valence-corrected chi connectivity index (χ4v) is 2.26. The van der Waals surface area contributed by atoms with Crippen molar-refractivity contribution in [2.45, 2.75) is 6.54 Å². The maximum absolute atomic E-state index is 10.7. The molecule has 0 heterocycles.